The van der Waals surface area contributed by atoms with Crippen molar-refractivity contribution in [1.29, 1.82) is 0 Å². The Kier molecular flexibility index (Phi) is 5.18. The molecule has 3 nitrogen and oxygen atoms in total. The third-order valence-electron chi connectivity index (χ3n) is 5.76. The van der Waals surface area contributed by atoms with Crippen LogP contribution in [-0.4, -0.2) is 53.7 Å². The van der Waals surface area contributed by atoms with Gasteiger partial charge in [-0.2, -0.15) is 0 Å². The van der Waals surface area contributed by atoms with E-state index in [1.807, 2.05) is 11.3 Å². The van der Waals surface area contributed by atoms with Crippen molar-refractivity contribution >= 4 is 21.4 Å². The molecule has 130 valence electrons. The number of likely N-dealkylation sites (tertiary alicyclic amines) is 2. The summed E-state index contributed by atoms with van der Waals surface area (Å²) in [6.07, 6.45) is 4.99. The Morgan fingerprint density at radius 2 is 1.92 bits per heavy atom. The number of fused-ring (bicyclic) bond motifs is 1. The fourth-order valence-electron chi connectivity index (χ4n) is 4.31. The topological polar surface area (TPSA) is 26.7 Å². The third kappa shape index (κ3) is 3.67. The summed E-state index contributed by atoms with van der Waals surface area (Å²) in [6, 6.07) is 11.8. The van der Waals surface area contributed by atoms with Crippen molar-refractivity contribution in [2.75, 3.05) is 32.8 Å². The number of aliphatic hydroxyl groups excluding tert-OH is 1. The number of rotatable bonds is 4. The second-order valence-corrected chi connectivity index (χ2v) is 8.61. The highest BCUT2D eigenvalue weighted by Crippen LogP contribution is 2.28. The van der Waals surface area contributed by atoms with Crippen LogP contribution >= 0.6 is 11.3 Å². The molecule has 1 aromatic heterocycles. The Bertz CT molecular complexity index is 629. The molecular weight excluding hydrogens is 316 g/mol. The molecule has 2 fully saturated rings. The van der Waals surface area contributed by atoms with Crippen molar-refractivity contribution in [2.45, 2.75) is 38.3 Å². The second-order valence-electron chi connectivity index (χ2n) is 7.44. The van der Waals surface area contributed by atoms with Crippen LogP contribution in [0.2, 0.25) is 0 Å². The largest absolute Gasteiger partial charge is 0.396 e. The standard InChI is InChI=1S/C20H28N2OS/c23-15-16-7-10-22(11-8-16)18-5-3-9-21(13-18)14-19-12-17-4-1-2-6-20(17)24-19/h1-2,4,6,12,16,18,23H,3,5,7-11,13-15H2/t18-/m1/s1. The predicted octanol–water partition coefficient (Wildman–Crippen LogP) is 3.57. The molecular formula is C20H28N2OS. The average Bonchev–Trinajstić information content (AvgIpc) is 3.04. The lowest BCUT2D eigenvalue weighted by Crippen LogP contribution is -2.50. The Morgan fingerprint density at radius 1 is 1.08 bits per heavy atom. The maximum Gasteiger partial charge on any atom is 0.0460 e. The van der Waals surface area contributed by atoms with Crippen molar-refractivity contribution in [3.63, 3.8) is 0 Å². The minimum Gasteiger partial charge on any atom is -0.396 e. The summed E-state index contributed by atoms with van der Waals surface area (Å²) in [6.45, 7) is 6.26. The van der Waals surface area contributed by atoms with Crippen LogP contribution in [0.1, 0.15) is 30.6 Å². The Labute approximate surface area is 148 Å². The molecule has 2 aliphatic rings. The first-order valence-corrected chi connectivity index (χ1v) is 10.2. The zero-order valence-corrected chi connectivity index (χ0v) is 15.2. The van der Waals surface area contributed by atoms with E-state index in [9.17, 15) is 5.11 Å². The van der Waals surface area contributed by atoms with E-state index >= 15 is 0 Å². The molecule has 0 aliphatic carbocycles. The van der Waals surface area contributed by atoms with Crippen LogP contribution < -0.4 is 0 Å². The Hall–Kier alpha value is -0.940. The van der Waals surface area contributed by atoms with E-state index in [0.29, 0.717) is 18.6 Å². The smallest absolute Gasteiger partial charge is 0.0460 e. The van der Waals surface area contributed by atoms with Crippen molar-refractivity contribution < 1.29 is 5.11 Å². The molecule has 4 heteroatoms. The maximum absolute atomic E-state index is 9.33. The highest BCUT2D eigenvalue weighted by molar-refractivity contribution is 7.19. The number of thiophene rings is 1. The van der Waals surface area contributed by atoms with E-state index in [0.717, 1.165) is 6.54 Å². The first-order valence-electron chi connectivity index (χ1n) is 9.36. The normalized spacial score (nSPS) is 24.6. The fraction of sp³-hybridized carbons (Fsp3) is 0.600. The van der Waals surface area contributed by atoms with Crippen LogP contribution in [0.15, 0.2) is 30.3 Å². The second kappa shape index (κ2) is 7.52. The molecule has 0 amide bonds. The summed E-state index contributed by atoms with van der Waals surface area (Å²) >= 11 is 1.95. The van der Waals surface area contributed by atoms with Crippen molar-refractivity contribution in [1.82, 2.24) is 9.80 Å². The first-order chi connectivity index (χ1) is 11.8. The van der Waals surface area contributed by atoms with E-state index in [1.165, 1.54) is 66.8 Å². The lowest BCUT2D eigenvalue weighted by molar-refractivity contribution is 0.0547. The number of benzene rings is 1. The van der Waals surface area contributed by atoms with Crippen LogP contribution in [0.4, 0.5) is 0 Å². The minimum atomic E-state index is 0.372. The predicted molar refractivity (Wildman–Crippen MR) is 102 cm³/mol. The van der Waals surface area contributed by atoms with Crippen LogP contribution in [-0.2, 0) is 6.54 Å². The molecule has 2 aromatic rings. The highest BCUT2D eigenvalue weighted by Gasteiger charge is 2.28. The van der Waals surface area contributed by atoms with E-state index in [-0.39, 0.29) is 0 Å². The van der Waals surface area contributed by atoms with Gasteiger partial charge in [0, 0.05) is 35.3 Å². The van der Waals surface area contributed by atoms with Gasteiger partial charge in [-0.05, 0) is 68.8 Å². The highest BCUT2D eigenvalue weighted by atomic mass is 32.1. The molecule has 0 unspecified atom stereocenters. The SMILES string of the molecule is OCC1CCN([C@@H]2CCCN(Cc3cc4ccccc4s3)C2)CC1. The summed E-state index contributed by atoms with van der Waals surface area (Å²) in [5, 5.41) is 10.7. The van der Waals surface area contributed by atoms with Crippen LogP contribution in [0.3, 0.4) is 0 Å². The molecule has 1 atom stereocenters. The van der Waals surface area contributed by atoms with Gasteiger partial charge in [-0.3, -0.25) is 9.80 Å². The van der Waals surface area contributed by atoms with E-state index < -0.39 is 0 Å². The van der Waals surface area contributed by atoms with E-state index in [4.69, 9.17) is 0 Å². The number of nitrogens with zero attached hydrogens (tertiary/aromatic N) is 2. The summed E-state index contributed by atoms with van der Waals surface area (Å²) in [4.78, 5) is 6.83. The van der Waals surface area contributed by atoms with Crippen LogP contribution in [0.5, 0.6) is 0 Å². The minimum absolute atomic E-state index is 0.372. The van der Waals surface area contributed by atoms with E-state index in [1.54, 1.807) is 0 Å². The summed E-state index contributed by atoms with van der Waals surface area (Å²) in [7, 11) is 0. The molecule has 0 bridgehead atoms. The van der Waals surface area contributed by atoms with Gasteiger partial charge >= 0.3 is 0 Å². The van der Waals surface area contributed by atoms with Crippen LogP contribution in [0, 0.1) is 5.92 Å². The molecule has 3 heterocycles. The summed E-state index contributed by atoms with van der Waals surface area (Å²) in [5.41, 5.74) is 0. The zero-order valence-electron chi connectivity index (χ0n) is 14.4. The molecule has 0 spiro atoms. The molecule has 0 saturated carbocycles. The quantitative estimate of drug-likeness (QED) is 0.918. The molecule has 2 aliphatic heterocycles. The molecule has 24 heavy (non-hydrogen) atoms. The van der Waals surface area contributed by atoms with Gasteiger partial charge in [-0.15, -0.1) is 11.3 Å². The van der Waals surface area contributed by atoms with Gasteiger partial charge in [0.1, 0.15) is 0 Å². The van der Waals surface area contributed by atoms with Gasteiger partial charge < -0.3 is 5.11 Å². The molecule has 0 radical (unpaired) electrons. The van der Waals surface area contributed by atoms with Gasteiger partial charge in [-0.1, -0.05) is 18.2 Å². The monoisotopic (exact) mass is 344 g/mol. The lowest BCUT2D eigenvalue weighted by atomic mass is 9.94. The number of piperidine rings is 2. The molecule has 1 N–H and O–H groups in total. The number of aliphatic hydroxyl groups is 1. The zero-order chi connectivity index (χ0) is 16.4. The number of hydrogen-bond acceptors (Lipinski definition) is 4. The summed E-state index contributed by atoms with van der Waals surface area (Å²) in [5.74, 6) is 0.541. The van der Waals surface area contributed by atoms with Crippen molar-refractivity contribution in [3.05, 3.63) is 35.2 Å². The van der Waals surface area contributed by atoms with E-state index in [2.05, 4.69) is 40.1 Å². The van der Waals surface area contributed by atoms with Gasteiger partial charge in [0.05, 0.1) is 0 Å². The van der Waals surface area contributed by atoms with Crippen molar-refractivity contribution in [3.8, 4) is 0 Å². The molecule has 1 aromatic carbocycles. The maximum atomic E-state index is 9.33. The lowest BCUT2D eigenvalue weighted by Gasteiger charge is -2.42. The van der Waals surface area contributed by atoms with Crippen LogP contribution in [0.25, 0.3) is 10.1 Å². The van der Waals surface area contributed by atoms with Crippen molar-refractivity contribution in [2.24, 2.45) is 5.92 Å². The first kappa shape index (κ1) is 16.5. The third-order valence-corrected chi connectivity index (χ3v) is 6.86. The average molecular weight is 345 g/mol. The number of hydrogen-bond donors (Lipinski definition) is 1. The Balaban J connectivity index is 1.36. The summed E-state index contributed by atoms with van der Waals surface area (Å²) < 4.78 is 1.41. The molecule has 2 saturated heterocycles. The van der Waals surface area contributed by atoms with Gasteiger partial charge in [0.25, 0.3) is 0 Å². The van der Waals surface area contributed by atoms with Gasteiger partial charge in [0.15, 0.2) is 0 Å². The van der Waals surface area contributed by atoms with Gasteiger partial charge in [-0.25, -0.2) is 0 Å². The Morgan fingerprint density at radius 3 is 2.71 bits per heavy atom. The molecule has 4 rings (SSSR count). The fourth-order valence-corrected chi connectivity index (χ4v) is 5.42. The van der Waals surface area contributed by atoms with Gasteiger partial charge in [0.2, 0.25) is 0 Å².